The lowest BCUT2D eigenvalue weighted by Crippen LogP contribution is -2.34. The molecule has 0 spiro atoms. The fourth-order valence-corrected chi connectivity index (χ4v) is 4.18. The van der Waals surface area contributed by atoms with E-state index in [-0.39, 0.29) is 0 Å². The molecule has 0 bridgehead atoms. The molecule has 1 saturated carbocycles. The summed E-state index contributed by atoms with van der Waals surface area (Å²) in [5, 5.41) is 10.7. The molecule has 1 aliphatic carbocycles. The Hall–Kier alpha value is -1.00. The second-order valence-electron chi connectivity index (χ2n) is 5.88. The molecule has 2 atom stereocenters. The van der Waals surface area contributed by atoms with E-state index in [2.05, 4.69) is 47.4 Å². The molecule has 0 saturated heterocycles. The highest BCUT2D eigenvalue weighted by atomic mass is 32.2. The normalized spacial score (nSPS) is 22.8. The van der Waals surface area contributed by atoms with E-state index in [0.717, 1.165) is 18.3 Å². The minimum Gasteiger partial charge on any atom is -0.308 e. The van der Waals surface area contributed by atoms with Crippen molar-refractivity contribution in [2.75, 3.05) is 6.26 Å². The van der Waals surface area contributed by atoms with Crippen molar-refractivity contribution in [1.29, 1.82) is 0 Å². The van der Waals surface area contributed by atoms with Crippen LogP contribution in [0.1, 0.15) is 38.3 Å². The third-order valence-electron chi connectivity index (χ3n) is 4.55. The molecule has 1 aliphatic rings. The first-order valence-electron chi connectivity index (χ1n) is 8.02. The van der Waals surface area contributed by atoms with Crippen molar-refractivity contribution in [3.8, 4) is 0 Å². The van der Waals surface area contributed by atoms with Gasteiger partial charge in [-0.1, -0.05) is 24.6 Å². The topological polar surface area (TPSA) is 29.9 Å². The van der Waals surface area contributed by atoms with Gasteiger partial charge in [-0.2, -0.15) is 16.9 Å². The van der Waals surface area contributed by atoms with E-state index in [9.17, 15) is 0 Å². The molecule has 1 heterocycles. The average Bonchev–Trinajstić information content (AvgIpc) is 2.91. The smallest absolute Gasteiger partial charge is 0.0841 e. The Balaban J connectivity index is 1.70. The van der Waals surface area contributed by atoms with Gasteiger partial charge < -0.3 is 5.32 Å². The second-order valence-corrected chi connectivity index (χ2v) is 7.02. The van der Waals surface area contributed by atoms with Crippen molar-refractivity contribution in [2.45, 2.75) is 57.0 Å². The van der Waals surface area contributed by atoms with E-state index >= 15 is 0 Å². The first-order chi connectivity index (χ1) is 10.3. The number of aryl methyl sites for hydroxylation is 1. The van der Waals surface area contributed by atoms with Gasteiger partial charge in [-0.05, 0) is 38.5 Å². The zero-order chi connectivity index (χ0) is 14.7. The third kappa shape index (κ3) is 3.27. The minimum absolute atomic E-state index is 0.654. The van der Waals surface area contributed by atoms with Gasteiger partial charge in [0.15, 0.2) is 0 Å². The molecule has 0 radical (unpaired) electrons. The Morgan fingerprint density at radius 3 is 3.00 bits per heavy atom. The van der Waals surface area contributed by atoms with Crippen molar-refractivity contribution < 1.29 is 0 Å². The van der Waals surface area contributed by atoms with Crippen molar-refractivity contribution in [3.05, 3.63) is 30.0 Å². The number of para-hydroxylation sites is 1. The molecule has 1 aromatic carbocycles. The van der Waals surface area contributed by atoms with Gasteiger partial charge in [-0.15, -0.1) is 0 Å². The highest BCUT2D eigenvalue weighted by Gasteiger charge is 2.21. The summed E-state index contributed by atoms with van der Waals surface area (Å²) in [4.78, 5) is 0. The molecule has 2 aromatic rings. The Morgan fingerprint density at radius 1 is 1.33 bits per heavy atom. The summed E-state index contributed by atoms with van der Waals surface area (Å²) >= 11 is 2.02. The molecule has 0 amide bonds. The van der Waals surface area contributed by atoms with Crippen LogP contribution in [-0.4, -0.2) is 27.3 Å². The van der Waals surface area contributed by atoms with E-state index in [4.69, 9.17) is 5.10 Å². The summed E-state index contributed by atoms with van der Waals surface area (Å²) in [5.74, 6) is 0. The van der Waals surface area contributed by atoms with Gasteiger partial charge in [0, 0.05) is 29.8 Å². The number of nitrogens with one attached hydrogen (secondary N) is 1. The van der Waals surface area contributed by atoms with E-state index < -0.39 is 0 Å². The van der Waals surface area contributed by atoms with Crippen molar-refractivity contribution in [2.24, 2.45) is 0 Å². The fourth-order valence-electron chi connectivity index (χ4n) is 3.35. The molecule has 4 heteroatoms. The highest BCUT2D eigenvalue weighted by Crippen LogP contribution is 2.27. The quantitative estimate of drug-likeness (QED) is 0.910. The molecule has 1 aromatic heterocycles. The first-order valence-corrected chi connectivity index (χ1v) is 9.31. The van der Waals surface area contributed by atoms with E-state index in [0.29, 0.717) is 6.04 Å². The number of hydrogen-bond donors (Lipinski definition) is 1. The molecular weight excluding hydrogens is 278 g/mol. The molecule has 1 fully saturated rings. The maximum Gasteiger partial charge on any atom is 0.0841 e. The lowest BCUT2D eigenvalue weighted by molar-refractivity contribution is 0.378. The number of nitrogens with zero attached hydrogens (tertiary/aromatic N) is 2. The zero-order valence-electron chi connectivity index (χ0n) is 13.0. The summed E-state index contributed by atoms with van der Waals surface area (Å²) in [6, 6.07) is 9.22. The zero-order valence-corrected chi connectivity index (χ0v) is 13.8. The molecule has 114 valence electrons. The predicted octanol–water partition coefficient (Wildman–Crippen LogP) is 3.82. The summed E-state index contributed by atoms with van der Waals surface area (Å²) in [6.07, 6.45) is 7.58. The van der Waals surface area contributed by atoms with Crippen molar-refractivity contribution >= 4 is 22.7 Å². The maximum absolute atomic E-state index is 4.78. The van der Waals surface area contributed by atoms with Crippen LogP contribution in [0.5, 0.6) is 0 Å². The molecule has 21 heavy (non-hydrogen) atoms. The van der Waals surface area contributed by atoms with Crippen LogP contribution in [0.3, 0.4) is 0 Å². The van der Waals surface area contributed by atoms with Crippen LogP contribution >= 0.6 is 11.8 Å². The van der Waals surface area contributed by atoms with Gasteiger partial charge in [0.05, 0.1) is 11.2 Å². The SMILES string of the molecule is CCn1nc(CNC2CCCC(SC)C2)c2ccccc21. The van der Waals surface area contributed by atoms with Crippen LogP contribution in [0.15, 0.2) is 24.3 Å². The molecule has 3 rings (SSSR count). The molecule has 3 nitrogen and oxygen atoms in total. The highest BCUT2D eigenvalue weighted by molar-refractivity contribution is 7.99. The number of rotatable bonds is 5. The number of thioether (sulfide) groups is 1. The van der Waals surface area contributed by atoms with E-state index in [1.54, 1.807) is 0 Å². The van der Waals surface area contributed by atoms with Gasteiger partial charge >= 0.3 is 0 Å². The third-order valence-corrected chi connectivity index (χ3v) is 5.65. The van der Waals surface area contributed by atoms with Gasteiger partial charge in [0.25, 0.3) is 0 Å². The fraction of sp³-hybridized carbons (Fsp3) is 0.588. The monoisotopic (exact) mass is 303 g/mol. The van der Waals surface area contributed by atoms with Crippen LogP contribution in [-0.2, 0) is 13.1 Å². The van der Waals surface area contributed by atoms with Gasteiger partial charge in [-0.3, -0.25) is 4.68 Å². The van der Waals surface area contributed by atoms with Gasteiger partial charge in [0.1, 0.15) is 0 Å². The largest absolute Gasteiger partial charge is 0.308 e. The second kappa shape index (κ2) is 6.84. The van der Waals surface area contributed by atoms with Gasteiger partial charge in [0.2, 0.25) is 0 Å². The van der Waals surface area contributed by atoms with Gasteiger partial charge in [-0.25, -0.2) is 0 Å². The van der Waals surface area contributed by atoms with Crippen LogP contribution in [0.2, 0.25) is 0 Å². The standard InChI is InChI=1S/C17H25N3S/c1-3-20-17-10-5-4-9-15(17)16(19-20)12-18-13-7-6-8-14(11-13)21-2/h4-5,9-10,13-14,18H,3,6-8,11-12H2,1-2H3. The summed E-state index contributed by atoms with van der Waals surface area (Å²) < 4.78 is 2.11. The summed E-state index contributed by atoms with van der Waals surface area (Å²) in [7, 11) is 0. The van der Waals surface area contributed by atoms with Crippen molar-refractivity contribution in [1.82, 2.24) is 15.1 Å². The average molecular weight is 303 g/mol. The van der Waals surface area contributed by atoms with Crippen LogP contribution in [0, 0.1) is 0 Å². The maximum atomic E-state index is 4.78. The molecule has 1 N–H and O–H groups in total. The molecule has 0 aliphatic heterocycles. The number of benzene rings is 1. The van der Waals surface area contributed by atoms with E-state index in [1.165, 1.54) is 42.3 Å². The van der Waals surface area contributed by atoms with Crippen molar-refractivity contribution in [3.63, 3.8) is 0 Å². The predicted molar refractivity (Wildman–Crippen MR) is 91.8 cm³/mol. The lowest BCUT2D eigenvalue weighted by Gasteiger charge is -2.28. The first kappa shape index (κ1) is 14.9. The summed E-state index contributed by atoms with van der Waals surface area (Å²) in [5.41, 5.74) is 2.45. The number of fused-ring (bicyclic) bond motifs is 1. The summed E-state index contributed by atoms with van der Waals surface area (Å²) in [6.45, 7) is 3.97. The number of aromatic nitrogens is 2. The Labute approximate surface area is 131 Å². The Bertz CT molecular complexity index is 593. The molecular formula is C17H25N3S. The Kier molecular flexibility index (Phi) is 4.86. The van der Waals surface area contributed by atoms with Crippen LogP contribution in [0.4, 0.5) is 0 Å². The molecule has 2 unspecified atom stereocenters. The van der Waals surface area contributed by atoms with Crippen LogP contribution in [0.25, 0.3) is 10.9 Å². The number of hydrogen-bond acceptors (Lipinski definition) is 3. The lowest BCUT2D eigenvalue weighted by atomic mass is 9.95. The Morgan fingerprint density at radius 2 is 2.19 bits per heavy atom. The minimum atomic E-state index is 0.654. The van der Waals surface area contributed by atoms with Crippen LogP contribution < -0.4 is 5.32 Å². The van der Waals surface area contributed by atoms with E-state index in [1.807, 2.05) is 11.8 Å².